The molecule has 0 heterocycles. The Balaban J connectivity index is 3.84. The summed E-state index contributed by atoms with van der Waals surface area (Å²) in [7, 11) is 3.18. The highest BCUT2D eigenvalue weighted by molar-refractivity contribution is 5.80. The zero-order valence-electron chi connectivity index (χ0n) is 13.3. The number of hydrogen-bond donors (Lipinski definition) is 1. The predicted molar refractivity (Wildman–Crippen MR) is 78.3 cm³/mol. The van der Waals surface area contributed by atoms with E-state index >= 15 is 0 Å². The van der Waals surface area contributed by atoms with Gasteiger partial charge in [-0.25, -0.2) is 0 Å². The molecule has 0 rings (SSSR count). The third-order valence-electron chi connectivity index (χ3n) is 3.66. The van der Waals surface area contributed by atoms with Crippen LogP contribution in [0.25, 0.3) is 0 Å². The van der Waals surface area contributed by atoms with Gasteiger partial charge in [0.2, 0.25) is 0 Å². The van der Waals surface area contributed by atoms with E-state index in [-0.39, 0.29) is 12.1 Å². The second-order valence-corrected chi connectivity index (χ2v) is 5.35. The van der Waals surface area contributed by atoms with Crippen molar-refractivity contribution in [3.63, 3.8) is 0 Å². The molecule has 0 aliphatic rings. The molecule has 0 spiro atoms. The van der Waals surface area contributed by atoms with Crippen LogP contribution in [0.4, 0.5) is 0 Å². The van der Waals surface area contributed by atoms with Crippen molar-refractivity contribution in [1.82, 2.24) is 5.32 Å². The van der Waals surface area contributed by atoms with Gasteiger partial charge in [-0.05, 0) is 33.7 Å². The molecule has 0 aromatic rings. The van der Waals surface area contributed by atoms with Gasteiger partial charge < -0.3 is 14.8 Å². The quantitative estimate of drug-likeness (QED) is 0.464. The van der Waals surface area contributed by atoms with Crippen LogP contribution >= 0.6 is 0 Å². The minimum absolute atomic E-state index is 0.241. The molecule has 0 aromatic heterocycles. The number of likely N-dealkylation sites (N-methyl/N-ethyl adjacent to an activating group) is 1. The highest BCUT2D eigenvalue weighted by atomic mass is 16.5. The van der Waals surface area contributed by atoms with E-state index in [2.05, 4.69) is 19.2 Å². The first-order chi connectivity index (χ1) is 9.00. The molecule has 4 nitrogen and oxygen atoms in total. The first-order valence-corrected chi connectivity index (χ1v) is 7.39. The number of esters is 1. The van der Waals surface area contributed by atoms with E-state index in [9.17, 15) is 4.79 Å². The summed E-state index contributed by atoms with van der Waals surface area (Å²) in [5, 5.41) is 3.01. The van der Waals surface area contributed by atoms with E-state index in [1.807, 2.05) is 6.92 Å². The average Bonchev–Trinajstić information content (AvgIpc) is 2.42. The smallest absolute Gasteiger partial charge is 0.325 e. The van der Waals surface area contributed by atoms with Crippen molar-refractivity contribution in [1.29, 1.82) is 0 Å². The summed E-state index contributed by atoms with van der Waals surface area (Å²) in [5.74, 6) is -0.241. The lowest BCUT2D eigenvalue weighted by atomic mass is 9.99. The molecule has 0 radical (unpaired) electrons. The largest absolute Gasteiger partial charge is 0.468 e. The molecule has 0 saturated carbocycles. The lowest BCUT2D eigenvalue weighted by molar-refractivity contribution is -0.148. The van der Waals surface area contributed by atoms with E-state index in [0.29, 0.717) is 13.0 Å². The van der Waals surface area contributed by atoms with E-state index in [1.54, 1.807) is 7.05 Å². The molecule has 0 aromatic carbocycles. The van der Waals surface area contributed by atoms with E-state index < -0.39 is 5.54 Å². The van der Waals surface area contributed by atoms with Crippen molar-refractivity contribution in [2.24, 2.45) is 0 Å². The van der Waals surface area contributed by atoms with Crippen LogP contribution in [0, 0.1) is 0 Å². The number of ether oxygens (including phenoxy) is 2. The fourth-order valence-corrected chi connectivity index (χ4v) is 1.96. The highest BCUT2D eigenvalue weighted by Crippen LogP contribution is 2.13. The Labute approximate surface area is 118 Å². The Bertz CT molecular complexity index is 246. The molecular weight excluding hydrogens is 242 g/mol. The van der Waals surface area contributed by atoms with Gasteiger partial charge in [-0.1, -0.05) is 32.6 Å². The van der Waals surface area contributed by atoms with Gasteiger partial charge in [0.1, 0.15) is 5.54 Å². The number of rotatable bonds is 11. The van der Waals surface area contributed by atoms with Gasteiger partial charge in [0, 0.05) is 6.61 Å². The predicted octanol–water partition coefficient (Wildman–Crippen LogP) is 2.90. The molecule has 0 aliphatic heterocycles. The summed E-state index contributed by atoms with van der Waals surface area (Å²) in [6.45, 7) is 6.72. The average molecular weight is 273 g/mol. The Morgan fingerprint density at radius 3 is 2.53 bits per heavy atom. The second kappa shape index (κ2) is 10.2. The lowest BCUT2D eigenvalue weighted by Gasteiger charge is -2.26. The van der Waals surface area contributed by atoms with Crippen LogP contribution in [-0.4, -0.2) is 38.4 Å². The molecule has 0 amide bonds. The van der Waals surface area contributed by atoms with Gasteiger partial charge in [0.25, 0.3) is 0 Å². The Hall–Kier alpha value is -0.610. The number of carbonyl (C=O) groups excluding carboxylic acids is 1. The lowest BCUT2D eigenvalue weighted by Crippen LogP contribution is -2.49. The van der Waals surface area contributed by atoms with Crippen molar-refractivity contribution in [2.75, 3.05) is 20.8 Å². The fourth-order valence-electron chi connectivity index (χ4n) is 1.96. The van der Waals surface area contributed by atoms with Crippen LogP contribution in [0.2, 0.25) is 0 Å². The molecule has 0 bridgehead atoms. The molecular formula is C15H31NO3. The van der Waals surface area contributed by atoms with E-state index in [4.69, 9.17) is 9.47 Å². The van der Waals surface area contributed by atoms with Gasteiger partial charge in [-0.3, -0.25) is 4.79 Å². The maximum Gasteiger partial charge on any atom is 0.325 e. The first kappa shape index (κ1) is 18.4. The number of carbonyl (C=O) groups is 1. The van der Waals surface area contributed by atoms with Crippen molar-refractivity contribution in [2.45, 2.75) is 70.9 Å². The first-order valence-electron chi connectivity index (χ1n) is 7.39. The maximum absolute atomic E-state index is 11.6. The Morgan fingerprint density at radius 2 is 2.00 bits per heavy atom. The molecule has 1 N–H and O–H groups in total. The summed E-state index contributed by atoms with van der Waals surface area (Å²) in [6, 6.07) is 0. The fraction of sp³-hybridized carbons (Fsp3) is 0.933. The van der Waals surface area contributed by atoms with Gasteiger partial charge in [-0.15, -0.1) is 0 Å². The standard InChI is InChI=1S/C15H31NO3/c1-6-7-8-9-10-13(2)19-12-11-15(3,16-4)14(17)18-5/h13,16H,6-12H2,1-5H3. The highest BCUT2D eigenvalue weighted by Gasteiger charge is 2.32. The molecule has 0 aliphatic carbocycles. The molecule has 19 heavy (non-hydrogen) atoms. The Morgan fingerprint density at radius 1 is 1.32 bits per heavy atom. The second-order valence-electron chi connectivity index (χ2n) is 5.35. The molecule has 0 saturated heterocycles. The zero-order valence-corrected chi connectivity index (χ0v) is 13.3. The minimum atomic E-state index is -0.656. The maximum atomic E-state index is 11.6. The SMILES string of the molecule is CCCCCCC(C)OCCC(C)(NC)C(=O)OC. The van der Waals surface area contributed by atoms with Gasteiger partial charge in [0.05, 0.1) is 13.2 Å². The summed E-state index contributed by atoms with van der Waals surface area (Å²) < 4.78 is 10.6. The Kier molecular flexibility index (Phi) is 9.88. The summed E-state index contributed by atoms with van der Waals surface area (Å²) in [4.78, 5) is 11.6. The van der Waals surface area contributed by atoms with Gasteiger partial charge in [-0.2, -0.15) is 0 Å². The van der Waals surface area contributed by atoms with Crippen LogP contribution < -0.4 is 5.32 Å². The van der Waals surface area contributed by atoms with Crippen LogP contribution in [0.3, 0.4) is 0 Å². The topological polar surface area (TPSA) is 47.6 Å². The summed E-state index contributed by atoms with van der Waals surface area (Å²) in [5.41, 5.74) is -0.656. The molecule has 4 heteroatoms. The van der Waals surface area contributed by atoms with Gasteiger partial charge in [0.15, 0.2) is 0 Å². The molecule has 2 unspecified atom stereocenters. The van der Waals surface area contributed by atoms with Crippen molar-refractivity contribution >= 4 is 5.97 Å². The van der Waals surface area contributed by atoms with Crippen molar-refractivity contribution in [3.8, 4) is 0 Å². The van der Waals surface area contributed by atoms with Crippen LogP contribution in [0.5, 0.6) is 0 Å². The summed E-state index contributed by atoms with van der Waals surface area (Å²) in [6.07, 6.45) is 7.03. The number of hydrogen-bond acceptors (Lipinski definition) is 4. The third kappa shape index (κ3) is 7.53. The molecule has 0 fully saturated rings. The van der Waals surface area contributed by atoms with Gasteiger partial charge >= 0.3 is 5.97 Å². The third-order valence-corrected chi connectivity index (χ3v) is 3.66. The summed E-state index contributed by atoms with van der Waals surface area (Å²) >= 11 is 0. The van der Waals surface area contributed by atoms with E-state index in [0.717, 1.165) is 6.42 Å². The van der Waals surface area contributed by atoms with Crippen molar-refractivity contribution in [3.05, 3.63) is 0 Å². The normalized spacial score (nSPS) is 15.8. The van der Waals surface area contributed by atoms with Crippen molar-refractivity contribution < 1.29 is 14.3 Å². The molecule has 2 atom stereocenters. The van der Waals surface area contributed by atoms with Crippen LogP contribution in [-0.2, 0) is 14.3 Å². The number of methoxy groups -OCH3 is 1. The number of unbranched alkanes of at least 4 members (excludes halogenated alkanes) is 3. The van der Waals surface area contributed by atoms with E-state index in [1.165, 1.54) is 32.8 Å². The zero-order chi connectivity index (χ0) is 14.7. The minimum Gasteiger partial charge on any atom is -0.468 e. The number of nitrogens with one attached hydrogen (secondary N) is 1. The van der Waals surface area contributed by atoms with Crippen LogP contribution in [0.15, 0.2) is 0 Å². The molecule has 114 valence electrons. The van der Waals surface area contributed by atoms with Crippen LogP contribution in [0.1, 0.15) is 59.3 Å². The monoisotopic (exact) mass is 273 g/mol.